The Balaban J connectivity index is 3.44. The van der Waals surface area contributed by atoms with Gasteiger partial charge in [0, 0.05) is 19.1 Å². The van der Waals surface area contributed by atoms with Gasteiger partial charge >= 0.3 is 6.09 Å². The van der Waals surface area contributed by atoms with E-state index in [0.717, 1.165) is 19.5 Å². The van der Waals surface area contributed by atoms with Crippen molar-refractivity contribution in [2.24, 2.45) is 0 Å². The third kappa shape index (κ3) is 10.4. The first-order valence-electron chi connectivity index (χ1n) is 6.56. The van der Waals surface area contributed by atoms with Gasteiger partial charge in [0.25, 0.3) is 0 Å². The van der Waals surface area contributed by atoms with E-state index in [1.165, 1.54) is 0 Å². The van der Waals surface area contributed by atoms with Crippen molar-refractivity contribution in [2.45, 2.75) is 45.8 Å². The third-order valence-electron chi connectivity index (χ3n) is 2.52. The van der Waals surface area contributed by atoms with Crippen molar-refractivity contribution in [1.82, 2.24) is 15.5 Å². The van der Waals surface area contributed by atoms with Gasteiger partial charge in [0.1, 0.15) is 5.60 Å². The van der Waals surface area contributed by atoms with Crippen LogP contribution in [0.25, 0.3) is 0 Å². The minimum Gasteiger partial charge on any atom is -0.444 e. The molecule has 0 aromatic carbocycles. The predicted molar refractivity (Wildman–Crippen MR) is 74.9 cm³/mol. The Kier molecular flexibility index (Phi) is 7.95. The lowest BCUT2D eigenvalue weighted by Crippen LogP contribution is -2.37. The largest absolute Gasteiger partial charge is 0.444 e. The van der Waals surface area contributed by atoms with E-state index in [4.69, 9.17) is 4.74 Å². The second kappa shape index (κ2) is 8.32. The van der Waals surface area contributed by atoms with Crippen LogP contribution in [0.5, 0.6) is 0 Å². The molecule has 2 N–H and O–H groups in total. The molecule has 18 heavy (non-hydrogen) atoms. The minimum atomic E-state index is -0.427. The van der Waals surface area contributed by atoms with Crippen LogP contribution in [0.3, 0.4) is 0 Å². The molecule has 1 unspecified atom stereocenters. The Morgan fingerprint density at radius 1 is 1.28 bits per heavy atom. The van der Waals surface area contributed by atoms with Crippen molar-refractivity contribution in [1.29, 1.82) is 0 Å². The Bertz CT molecular complexity index is 237. The average Bonchev–Trinajstić information content (AvgIpc) is 2.19. The zero-order valence-electron chi connectivity index (χ0n) is 12.7. The Hall–Kier alpha value is -0.810. The SMILES string of the molecule is CC(CNCCCNC(=O)OC(C)(C)C)N(C)C. The van der Waals surface area contributed by atoms with Gasteiger partial charge in [-0.05, 0) is 54.8 Å². The Morgan fingerprint density at radius 2 is 1.89 bits per heavy atom. The topological polar surface area (TPSA) is 53.6 Å². The van der Waals surface area contributed by atoms with Gasteiger partial charge in [-0.3, -0.25) is 0 Å². The zero-order valence-corrected chi connectivity index (χ0v) is 12.7. The second-order valence-electron chi connectivity index (χ2n) is 5.80. The summed E-state index contributed by atoms with van der Waals surface area (Å²) < 4.78 is 5.14. The highest BCUT2D eigenvalue weighted by Crippen LogP contribution is 2.06. The minimum absolute atomic E-state index is 0.343. The van der Waals surface area contributed by atoms with Crippen LogP contribution in [0.2, 0.25) is 0 Å². The first-order valence-corrected chi connectivity index (χ1v) is 6.56. The fourth-order valence-corrected chi connectivity index (χ4v) is 1.21. The molecule has 0 aliphatic carbocycles. The molecule has 0 heterocycles. The summed E-state index contributed by atoms with van der Waals surface area (Å²) in [7, 11) is 4.13. The maximum Gasteiger partial charge on any atom is 0.407 e. The van der Waals surface area contributed by atoms with Crippen molar-refractivity contribution in [3.8, 4) is 0 Å². The molecular weight excluding hydrogens is 230 g/mol. The third-order valence-corrected chi connectivity index (χ3v) is 2.52. The van der Waals surface area contributed by atoms with E-state index in [1.807, 2.05) is 20.8 Å². The summed E-state index contributed by atoms with van der Waals surface area (Å²) in [5, 5.41) is 6.09. The fourth-order valence-electron chi connectivity index (χ4n) is 1.21. The van der Waals surface area contributed by atoms with Crippen LogP contribution in [0, 0.1) is 0 Å². The fraction of sp³-hybridized carbons (Fsp3) is 0.923. The number of hydrogen-bond acceptors (Lipinski definition) is 4. The van der Waals surface area contributed by atoms with Crippen molar-refractivity contribution >= 4 is 6.09 Å². The molecule has 0 aromatic rings. The van der Waals surface area contributed by atoms with Gasteiger partial charge in [0.15, 0.2) is 0 Å². The maximum absolute atomic E-state index is 11.3. The van der Waals surface area contributed by atoms with E-state index < -0.39 is 5.60 Å². The Morgan fingerprint density at radius 3 is 2.39 bits per heavy atom. The molecule has 0 saturated heterocycles. The number of amides is 1. The molecule has 0 aromatic heterocycles. The second-order valence-corrected chi connectivity index (χ2v) is 5.80. The van der Waals surface area contributed by atoms with Crippen molar-refractivity contribution < 1.29 is 9.53 Å². The first kappa shape index (κ1) is 17.2. The molecule has 0 aliphatic rings. The molecule has 5 heteroatoms. The highest BCUT2D eigenvalue weighted by Gasteiger charge is 2.15. The number of hydrogen-bond donors (Lipinski definition) is 2. The summed E-state index contributed by atoms with van der Waals surface area (Å²) in [6.07, 6.45) is 0.559. The molecule has 5 nitrogen and oxygen atoms in total. The number of nitrogens with zero attached hydrogens (tertiary/aromatic N) is 1. The van der Waals surface area contributed by atoms with Crippen LogP contribution in [-0.4, -0.2) is 56.4 Å². The number of likely N-dealkylation sites (N-methyl/N-ethyl adjacent to an activating group) is 1. The number of nitrogens with one attached hydrogen (secondary N) is 2. The van der Waals surface area contributed by atoms with Gasteiger partial charge in [-0.25, -0.2) is 4.79 Å². The smallest absolute Gasteiger partial charge is 0.407 e. The zero-order chi connectivity index (χ0) is 14.2. The molecule has 0 bridgehead atoms. The quantitative estimate of drug-likeness (QED) is 0.679. The Labute approximate surface area is 111 Å². The molecule has 1 atom stereocenters. The van der Waals surface area contributed by atoms with Crippen LogP contribution >= 0.6 is 0 Å². The van der Waals surface area contributed by atoms with Crippen molar-refractivity contribution in [3.05, 3.63) is 0 Å². The van der Waals surface area contributed by atoms with Crippen molar-refractivity contribution in [2.75, 3.05) is 33.7 Å². The molecule has 0 saturated carbocycles. The van der Waals surface area contributed by atoms with Gasteiger partial charge in [0.05, 0.1) is 0 Å². The lowest BCUT2D eigenvalue weighted by Gasteiger charge is -2.20. The molecular formula is C13H29N3O2. The number of carbonyl (C=O) groups is 1. The maximum atomic E-state index is 11.3. The van der Waals surface area contributed by atoms with E-state index in [2.05, 4.69) is 36.6 Å². The van der Waals surface area contributed by atoms with Crippen LogP contribution in [0.15, 0.2) is 0 Å². The van der Waals surface area contributed by atoms with E-state index in [1.54, 1.807) is 0 Å². The lowest BCUT2D eigenvalue weighted by atomic mass is 10.2. The normalized spacial score (nSPS) is 13.5. The molecule has 0 rings (SSSR count). The lowest BCUT2D eigenvalue weighted by molar-refractivity contribution is 0.0527. The average molecular weight is 259 g/mol. The number of ether oxygens (including phenoxy) is 1. The van der Waals surface area contributed by atoms with Crippen LogP contribution < -0.4 is 10.6 Å². The van der Waals surface area contributed by atoms with Crippen molar-refractivity contribution in [3.63, 3.8) is 0 Å². The van der Waals surface area contributed by atoms with Gasteiger partial charge in [-0.1, -0.05) is 0 Å². The van der Waals surface area contributed by atoms with Gasteiger partial charge in [-0.2, -0.15) is 0 Å². The summed E-state index contributed by atoms with van der Waals surface area (Å²) in [5.41, 5.74) is -0.427. The highest BCUT2D eigenvalue weighted by molar-refractivity contribution is 5.67. The van der Waals surface area contributed by atoms with Gasteiger partial charge in [-0.15, -0.1) is 0 Å². The van der Waals surface area contributed by atoms with E-state index in [0.29, 0.717) is 12.6 Å². The molecule has 0 fully saturated rings. The number of carbonyl (C=O) groups excluding carboxylic acids is 1. The summed E-state index contributed by atoms with van der Waals surface area (Å²) in [4.78, 5) is 13.5. The summed E-state index contributed by atoms with van der Waals surface area (Å²) in [6, 6.07) is 0.517. The molecule has 0 radical (unpaired) electrons. The predicted octanol–water partition coefficient (Wildman–Crippen LogP) is 1.44. The van der Waals surface area contributed by atoms with E-state index in [9.17, 15) is 4.79 Å². The monoisotopic (exact) mass is 259 g/mol. The first-order chi connectivity index (χ1) is 8.22. The van der Waals surface area contributed by atoms with Gasteiger partial charge < -0.3 is 20.3 Å². The highest BCUT2D eigenvalue weighted by atomic mass is 16.6. The van der Waals surface area contributed by atoms with Crippen LogP contribution in [-0.2, 0) is 4.74 Å². The standard InChI is InChI=1S/C13H29N3O2/c1-11(16(5)6)10-14-8-7-9-15-12(17)18-13(2,3)4/h11,14H,7-10H2,1-6H3,(H,15,17). The van der Waals surface area contributed by atoms with E-state index >= 15 is 0 Å². The van der Waals surface area contributed by atoms with E-state index in [-0.39, 0.29) is 6.09 Å². The van der Waals surface area contributed by atoms with Crippen LogP contribution in [0.4, 0.5) is 4.79 Å². The summed E-state index contributed by atoms with van der Waals surface area (Å²) in [5.74, 6) is 0. The molecule has 0 spiro atoms. The summed E-state index contributed by atoms with van der Waals surface area (Å²) in [6.45, 7) is 10.2. The molecule has 0 aliphatic heterocycles. The summed E-state index contributed by atoms with van der Waals surface area (Å²) >= 11 is 0. The molecule has 1 amide bonds. The number of rotatable bonds is 7. The van der Waals surface area contributed by atoms with Gasteiger partial charge in [0.2, 0.25) is 0 Å². The molecule has 108 valence electrons. The van der Waals surface area contributed by atoms with Crippen LogP contribution in [0.1, 0.15) is 34.1 Å². The number of alkyl carbamates (subject to hydrolysis) is 1.